The molecule has 0 aromatic carbocycles. The highest BCUT2D eigenvalue weighted by Gasteiger charge is 2.11. The Morgan fingerprint density at radius 2 is 2.06 bits per heavy atom. The summed E-state index contributed by atoms with van der Waals surface area (Å²) in [4.78, 5) is 0. The van der Waals surface area contributed by atoms with Crippen molar-refractivity contribution in [1.82, 2.24) is 15.0 Å². The van der Waals surface area contributed by atoms with Gasteiger partial charge in [0.05, 0.1) is 11.4 Å². The summed E-state index contributed by atoms with van der Waals surface area (Å²) in [6, 6.07) is 0. The molecule has 0 aliphatic rings. The van der Waals surface area contributed by atoms with Gasteiger partial charge in [-0.05, 0) is 25.2 Å². The fourth-order valence-electron chi connectivity index (χ4n) is 1.92. The summed E-state index contributed by atoms with van der Waals surface area (Å²) >= 11 is 0. The largest absolute Gasteiger partial charge is 0.325 e. The molecular formula is C13H26N4. The van der Waals surface area contributed by atoms with Crippen LogP contribution in [0.1, 0.15) is 57.8 Å². The Bertz CT molecular complexity index is 317. The van der Waals surface area contributed by atoms with Crippen molar-refractivity contribution < 1.29 is 0 Å². The fourth-order valence-corrected chi connectivity index (χ4v) is 1.92. The number of rotatable bonds is 8. The molecule has 0 aliphatic carbocycles. The normalized spacial score (nSPS) is 11.4. The monoisotopic (exact) mass is 238 g/mol. The number of nitrogens with zero attached hydrogens (tertiary/aromatic N) is 3. The van der Waals surface area contributed by atoms with Crippen molar-refractivity contribution in [2.45, 2.75) is 66.0 Å². The van der Waals surface area contributed by atoms with Gasteiger partial charge in [0, 0.05) is 13.1 Å². The number of hydrogen-bond donors (Lipinski definition) is 1. The smallest absolute Gasteiger partial charge is 0.0994 e. The van der Waals surface area contributed by atoms with E-state index in [0.29, 0.717) is 12.5 Å². The van der Waals surface area contributed by atoms with Crippen LogP contribution in [0, 0.1) is 5.92 Å². The van der Waals surface area contributed by atoms with Crippen molar-refractivity contribution in [2.24, 2.45) is 11.7 Å². The van der Waals surface area contributed by atoms with Gasteiger partial charge in [-0.15, -0.1) is 5.10 Å². The summed E-state index contributed by atoms with van der Waals surface area (Å²) in [7, 11) is 0. The second kappa shape index (κ2) is 7.43. The summed E-state index contributed by atoms with van der Waals surface area (Å²) in [5.41, 5.74) is 7.93. The Balaban J connectivity index is 2.64. The molecule has 0 aliphatic heterocycles. The lowest BCUT2D eigenvalue weighted by molar-refractivity contribution is 0.501. The van der Waals surface area contributed by atoms with Gasteiger partial charge in [-0.25, -0.2) is 4.68 Å². The maximum atomic E-state index is 5.71. The molecule has 1 aromatic rings. The summed E-state index contributed by atoms with van der Waals surface area (Å²) in [6.07, 6.45) is 5.89. The lowest BCUT2D eigenvalue weighted by Gasteiger charge is -2.09. The average Bonchev–Trinajstić information content (AvgIpc) is 2.69. The zero-order chi connectivity index (χ0) is 12.7. The van der Waals surface area contributed by atoms with Crippen molar-refractivity contribution in [2.75, 3.05) is 0 Å². The van der Waals surface area contributed by atoms with E-state index in [1.807, 2.05) is 0 Å². The molecule has 1 heterocycles. The summed E-state index contributed by atoms with van der Waals surface area (Å²) < 4.78 is 2.06. The molecule has 1 aromatic heterocycles. The topological polar surface area (TPSA) is 56.7 Å². The maximum absolute atomic E-state index is 5.71. The minimum Gasteiger partial charge on any atom is -0.325 e. The summed E-state index contributed by atoms with van der Waals surface area (Å²) in [5, 5.41) is 8.40. The van der Waals surface area contributed by atoms with E-state index in [9.17, 15) is 0 Å². The number of aromatic nitrogens is 3. The van der Waals surface area contributed by atoms with E-state index in [2.05, 4.69) is 35.8 Å². The molecule has 17 heavy (non-hydrogen) atoms. The van der Waals surface area contributed by atoms with Gasteiger partial charge in [-0.2, -0.15) is 0 Å². The van der Waals surface area contributed by atoms with Gasteiger partial charge < -0.3 is 5.73 Å². The Morgan fingerprint density at radius 3 is 2.65 bits per heavy atom. The third kappa shape index (κ3) is 4.46. The van der Waals surface area contributed by atoms with Gasteiger partial charge in [0.25, 0.3) is 0 Å². The van der Waals surface area contributed by atoms with E-state index in [1.165, 1.54) is 31.4 Å². The molecule has 0 unspecified atom stereocenters. The molecule has 0 saturated heterocycles. The maximum Gasteiger partial charge on any atom is 0.0994 e. The predicted octanol–water partition coefficient (Wildman–Crippen LogP) is 2.52. The van der Waals surface area contributed by atoms with Crippen molar-refractivity contribution in [3.8, 4) is 0 Å². The van der Waals surface area contributed by atoms with Crippen molar-refractivity contribution in [1.29, 1.82) is 0 Å². The molecule has 0 fully saturated rings. The Labute approximate surface area is 105 Å². The fraction of sp³-hybridized carbons (Fsp3) is 0.846. The van der Waals surface area contributed by atoms with Crippen LogP contribution in [0.5, 0.6) is 0 Å². The van der Waals surface area contributed by atoms with E-state index in [4.69, 9.17) is 5.73 Å². The van der Waals surface area contributed by atoms with Crippen LogP contribution in [0.25, 0.3) is 0 Å². The van der Waals surface area contributed by atoms with E-state index in [1.54, 1.807) is 0 Å². The van der Waals surface area contributed by atoms with Gasteiger partial charge >= 0.3 is 0 Å². The third-order valence-electron chi connectivity index (χ3n) is 3.04. The van der Waals surface area contributed by atoms with Crippen molar-refractivity contribution in [3.05, 3.63) is 11.4 Å². The molecule has 0 radical (unpaired) electrons. The van der Waals surface area contributed by atoms with E-state index >= 15 is 0 Å². The molecule has 0 amide bonds. The average molecular weight is 238 g/mol. The standard InChI is InChI=1S/C13H26N4/c1-4-5-6-9-17-13(8-7-11(2)3)12(10-14)15-16-17/h11H,4-10,14H2,1-3H3. The lowest BCUT2D eigenvalue weighted by atomic mass is 10.1. The Morgan fingerprint density at radius 1 is 1.29 bits per heavy atom. The zero-order valence-electron chi connectivity index (χ0n) is 11.4. The molecule has 98 valence electrons. The lowest BCUT2D eigenvalue weighted by Crippen LogP contribution is -2.09. The molecule has 1 rings (SSSR count). The van der Waals surface area contributed by atoms with Crippen LogP contribution in [0.3, 0.4) is 0 Å². The second-order valence-corrected chi connectivity index (χ2v) is 5.05. The minimum atomic E-state index is 0.501. The molecule has 0 saturated carbocycles. The number of hydrogen-bond acceptors (Lipinski definition) is 3. The molecule has 4 nitrogen and oxygen atoms in total. The van der Waals surface area contributed by atoms with Crippen LogP contribution in [0.4, 0.5) is 0 Å². The molecule has 2 N–H and O–H groups in total. The van der Waals surface area contributed by atoms with Gasteiger partial charge in [0.15, 0.2) is 0 Å². The zero-order valence-corrected chi connectivity index (χ0v) is 11.4. The number of nitrogens with two attached hydrogens (primary N) is 1. The number of unbranched alkanes of at least 4 members (excludes halogenated alkanes) is 2. The van der Waals surface area contributed by atoms with Crippen LogP contribution in [0.15, 0.2) is 0 Å². The minimum absolute atomic E-state index is 0.501. The molecule has 0 bridgehead atoms. The highest BCUT2D eigenvalue weighted by molar-refractivity contribution is 5.10. The van der Waals surface area contributed by atoms with Gasteiger partial charge in [-0.1, -0.05) is 38.8 Å². The van der Waals surface area contributed by atoms with E-state index < -0.39 is 0 Å². The Kier molecular flexibility index (Phi) is 6.19. The molecule has 4 heteroatoms. The highest BCUT2D eigenvalue weighted by Crippen LogP contribution is 2.13. The van der Waals surface area contributed by atoms with E-state index in [0.717, 1.165) is 18.7 Å². The summed E-state index contributed by atoms with van der Waals surface area (Å²) in [6.45, 7) is 8.18. The van der Waals surface area contributed by atoms with Crippen LogP contribution in [-0.2, 0) is 19.5 Å². The first-order valence-electron chi connectivity index (χ1n) is 6.80. The quantitative estimate of drug-likeness (QED) is 0.708. The molecule has 0 spiro atoms. The van der Waals surface area contributed by atoms with Gasteiger partial charge in [-0.3, -0.25) is 0 Å². The van der Waals surface area contributed by atoms with Gasteiger partial charge in [0.1, 0.15) is 0 Å². The van der Waals surface area contributed by atoms with Gasteiger partial charge in [0.2, 0.25) is 0 Å². The molecular weight excluding hydrogens is 212 g/mol. The van der Waals surface area contributed by atoms with Crippen LogP contribution >= 0.6 is 0 Å². The highest BCUT2D eigenvalue weighted by atomic mass is 15.4. The summed E-state index contributed by atoms with van der Waals surface area (Å²) in [5.74, 6) is 0.708. The van der Waals surface area contributed by atoms with Crippen molar-refractivity contribution in [3.63, 3.8) is 0 Å². The second-order valence-electron chi connectivity index (χ2n) is 5.05. The van der Waals surface area contributed by atoms with Crippen molar-refractivity contribution >= 4 is 0 Å². The van der Waals surface area contributed by atoms with Crippen LogP contribution < -0.4 is 5.73 Å². The molecule has 0 atom stereocenters. The Hall–Kier alpha value is -0.900. The predicted molar refractivity (Wildman–Crippen MR) is 70.6 cm³/mol. The first-order chi connectivity index (χ1) is 8.19. The first-order valence-corrected chi connectivity index (χ1v) is 6.80. The first kappa shape index (κ1) is 14.2. The number of aryl methyl sites for hydroxylation is 1. The van der Waals surface area contributed by atoms with Crippen LogP contribution in [0.2, 0.25) is 0 Å². The third-order valence-corrected chi connectivity index (χ3v) is 3.04. The SMILES string of the molecule is CCCCCn1nnc(CN)c1CCC(C)C. The van der Waals surface area contributed by atoms with Crippen LogP contribution in [-0.4, -0.2) is 15.0 Å². The van der Waals surface area contributed by atoms with E-state index in [-0.39, 0.29) is 0 Å².